The molecule has 9 nitrogen and oxygen atoms in total. The molecule has 2 heterocycles. The summed E-state index contributed by atoms with van der Waals surface area (Å²) in [6.45, 7) is 4.86. The first-order valence-corrected chi connectivity index (χ1v) is 10.2. The van der Waals surface area contributed by atoms with Gasteiger partial charge in [0, 0.05) is 17.4 Å². The van der Waals surface area contributed by atoms with E-state index in [2.05, 4.69) is 0 Å². The molecule has 2 fully saturated rings. The minimum atomic E-state index is -1.56. The van der Waals surface area contributed by atoms with Crippen molar-refractivity contribution in [2.75, 3.05) is 6.61 Å². The van der Waals surface area contributed by atoms with Crippen molar-refractivity contribution in [3.8, 4) is 0 Å². The lowest BCUT2D eigenvalue weighted by Crippen LogP contribution is -2.60. The molecule has 0 aromatic heterocycles. The normalized spacial score (nSPS) is 46.3. The summed E-state index contributed by atoms with van der Waals surface area (Å²) in [6, 6.07) is 0. The lowest BCUT2D eigenvalue weighted by atomic mass is 9.79. The molecule has 0 radical (unpaired) electrons. The highest BCUT2D eigenvalue weighted by Gasteiger charge is 2.56. The number of fused-ring (bicyclic) bond motifs is 3. The van der Waals surface area contributed by atoms with Gasteiger partial charge in [0.1, 0.15) is 30.5 Å². The van der Waals surface area contributed by atoms with E-state index in [0.717, 1.165) is 11.1 Å². The molecular formula is C21H28O9. The minimum Gasteiger partial charge on any atom is -0.461 e. The lowest BCUT2D eigenvalue weighted by Gasteiger charge is -2.42. The van der Waals surface area contributed by atoms with Crippen LogP contribution < -0.4 is 0 Å². The van der Waals surface area contributed by atoms with Crippen LogP contribution in [-0.2, 0) is 23.8 Å². The quantitative estimate of drug-likeness (QED) is 0.429. The first kappa shape index (κ1) is 21.6. The summed E-state index contributed by atoms with van der Waals surface area (Å²) >= 11 is 0. The minimum absolute atomic E-state index is 0.0992. The standard InChI is InChI=1S/C21H28O9/c1-7-4-10(23)13-8(2)5-11(15-9(3)20(27)30-19(15)14(7)13)28-21-18(26)17(25)16(24)12(6-22)29-21/h4,9,11-12,14-19,21-22,24-26H,5-6H2,1-3H3/t9-,11-,12+,14-,15+,16+,17-,18-,19+,21+/m0/s1. The molecule has 9 heteroatoms. The van der Waals surface area contributed by atoms with E-state index in [1.165, 1.54) is 0 Å². The molecule has 0 amide bonds. The van der Waals surface area contributed by atoms with Gasteiger partial charge in [0.2, 0.25) is 0 Å². The van der Waals surface area contributed by atoms with Crippen molar-refractivity contribution in [1.82, 2.24) is 0 Å². The third-order valence-corrected chi connectivity index (χ3v) is 6.89. The van der Waals surface area contributed by atoms with Gasteiger partial charge in [-0.3, -0.25) is 9.59 Å². The molecule has 0 aromatic carbocycles. The summed E-state index contributed by atoms with van der Waals surface area (Å²) in [4.78, 5) is 25.0. The van der Waals surface area contributed by atoms with Gasteiger partial charge in [-0.05, 0) is 26.3 Å². The molecule has 10 atom stereocenters. The van der Waals surface area contributed by atoms with E-state index < -0.39 is 61.4 Å². The predicted molar refractivity (Wildman–Crippen MR) is 101 cm³/mol. The highest BCUT2D eigenvalue weighted by molar-refractivity contribution is 6.09. The van der Waals surface area contributed by atoms with E-state index in [9.17, 15) is 30.0 Å². The van der Waals surface area contributed by atoms with Crippen LogP contribution >= 0.6 is 0 Å². The highest BCUT2D eigenvalue weighted by atomic mass is 16.7. The van der Waals surface area contributed by atoms with Crippen molar-refractivity contribution in [1.29, 1.82) is 0 Å². The Balaban J connectivity index is 1.66. The Morgan fingerprint density at radius 2 is 1.83 bits per heavy atom. The summed E-state index contributed by atoms with van der Waals surface area (Å²) < 4.78 is 17.3. The fraction of sp³-hybridized carbons (Fsp3) is 0.714. The Bertz CT molecular complexity index is 800. The maximum atomic E-state index is 12.6. The van der Waals surface area contributed by atoms with E-state index >= 15 is 0 Å². The molecule has 0 saturated carbocycles. The van der Waals surface area contributed by atoms with E-state index in [-0.39, 0.29) is 17.7 Å². The Labute approximate surface area is 173 Å². The Hall–Kier alpha value is -1.62. The predicted octanol–water partition coefficient (Wildman–Crippen LogP) is -0.785. The molecule has 4 N–H and O–H groups in total. The molecule has 4 rings (SSSR count). The van der Waals surface area contributed by atoms with E-state index in [1.807, 2.05) is 13.8 Å². The number of hydrogen-bond acceptors (Lipinski definition) is 9. The number of aliphatic hydroxyl groups is 4. The zero-order valence-electron chi connectivity index (χ0n) is 17.1. The molecule has 0 bridgehead atoms. The number of esters is 1. The third kappa shape index (κ3) is 3.24. The second-order valence-corrected chi connectivity index (χ2v) is 8.77. The van der Waals surface area contributed by atoms with E-state index in [4.69, 9.17) is 14.2 Å². The van der Waals surface area contributed by atoms with Crippen LogP contribution in [0.15, 0.2) is 22.8 Å². The number of carbonyl (C=O) groups is 2. The Morgan fingerprint density at radius 3 is 2.50 bits per heavy atom. The molecule has 0 aromatic rings. The first-order valence-electron chi connectivity index (χ1n) is 10.2. The van der Waals surface area contributed by atoms with Gasteiger partial charge in [0.15, 0.2) is 12.1 Å². The van der Waals surface area contributed by atoms with Gasteiger partial charge in [-0.25, -0.2) is 0 Å². The molecule has 2 aliphatic carbocycles. The topological polar surface area (TPSA) is 143 Å². The zero-order valence-corrected chi connectivity index (χ0v) is 17.1. The van der Waals surface area contributed by atoms with Crippen molar-refractivity contribution >= 4 is 11.8 Å². The van der Waals surface area contributed by atoms with Gasteiger partial charge in [-0.1, -0.05) is 18.1 Å². The average Bonchev–Trinajstić information content (AvgIpc) is 3.11. The number of aliphatic hydroxyl groups excluding tert-OH is 4. The van der Waals surface area contributed by atoms with Crippen LogP contribution in [0, 0.1) is 17.8 Å². The summed E-state index contributed by atoms with van der Waals surface area (Å²) in [5.41, 5.74) is 2.26. The Kier molecular flexibility index (Phi) is 5.63. The van der Waals surface area contributed by atoms with Gasteiger partial charge in [-0.15, -0.1) is 0 Å². The zero-order chi connectivity index (χ0) is 21.9. The lowest BCUT2D eigenvalue weighted by molar-refractivity contribution is -0.316. The summed E-state index contributed by atoms with van der Waals surface area (Å²) in [5.74, 6) is -1.71. The Morgan fingerprint density at radius 1 is 1.13 bits per heavy atom. The maximum Gasteiger partial charge on any atom is 0.309 e. The number of ether oxygens (including phenoxy) is 3. The fourth-order valence-electron chi connectivity index (χ4n) is 5.28. The first-order chi connectivity index (χ1) is 14.1. The van der Waals surface area contributed by atoms with Crippen LogP contribution in [0.3, 0.4) is 0 Å². The monoisotopic (exact) mass is 424 g/mol. The SMILES string of the molecule is CC1=CC(=O)C2=C(C)C[C@H](O[C@@H]3O[C@H](CO)[C@@H](O)[C@H](O)[C@@H]3O)[C@@H]3[C@H](OC(=O)[C@H]3C)[C@@H]12. The summed E-state index contributed by atoms with van der Waals surface area (Å²) in [7, 11) is 0. The maximum absolute atomic E-state index is 12.6. The second-order valence-electron chi connectivity index (χ2n) is 8.77. The van der Waals surface area contributed by atoms with Crippen LogP contribution in [0.25, 0.3) is 0 Å². The number of rotatable bonds is 3. The van der Waals surface area contributed by atoms with Crippen LogP contribution in [-0.4, -0.2) is 81.7 Å². The molecule has 0 spiro atoms. The molecular weight excluding hydrogens is 396 g/mol. The van der Waals surface area contributed by atoms with Crippen LogP contribution in [0.2, 0.25) is 0 Å². The number of carbonyl (C=O) groups excluding carboxylic acids is 2. The van der Waals surface area contributed by atoms with Crippen LogP contribution in [0.5, 0.6) is 0 Å². The molecule has 166 valence electrons. The van der Waals surface area contributed by atoms with Gasteiger partial charge in [0.25, 0.3) is 0 Å². The summed E-state index contributed by atoms with van der Waals surface area (Å²) in [6.07, 6.45) is -6.35. The second kappa shape index (κ2) is 7.81. The number of ketones is 1. The largest absolute Gasteiger partial charge is 0.461 e. The molecule has 2 aliphatic heterocycles. The van der Waals surface area contributed by atoms with Crippen molar-refractivity contribution in [3.05, 3.63) is 22.8 Å². The molecule has 0 unspecified atom stereocenters. The van der Waals surface area contributed by atoms with Crippen molar-refractivity contribution < 1.29 is 44.2 Å². The molecule has 4 aliphatic rings. The van der Waals surface area contributed by atoms with Crippen LogP contribution in [0.4, 0.5) is 0 Å². The number of hydrogen-bond donors (Lipinski definition) is 4. The van der Waals surface area contributed by atoms with Crippen LogP contribution in [0.1, 0.15) is 27.2 Å². The van der Waals surface area contributed by atoms with Gasteiger partial charge in [0.05, 0.1) is 18.6 Å². The average molecular weight is 424 g/mol. The van der Waals surface area contributed by atoms with Crippen molar-refractivity contribution in [3.63, 3.8) is 0 Å². The van der Waals surface area contributed by atoms with E-state index in [0.29, 0.717) is 12.0 Å². The smallest absolute Gasteiger partial charge is 0.309 e. The third-order valence-electron chi connectivity index (χ3n) is 6.89. The fourth-order valence-corrected chi connectivity index (χ4v) is 5.28. The number of allylic oxidation sites excluding steroid dienone is 1. The molecule has 30 heavy (non-hydrogen) atoms. The van der Waals surface area contributed by atoms with Crippen molar-refractivity contribution in [2.24, 2.45) is 17.8 Å². The molecule has 2 saturated heterocycles. The summed E-state index contributed by atoms with van der Waals surface area (Å²) in [5, 5.41) is 39.9. The van der Waals surface area contributed by atoms with Gasteiger partial charge >= 0.3 is 5.97 Å². The van der Waals surface area contributed by atoms with Crippen molar-refractivity contribution in [2.45, 2.75) is 70.1 Å². The van der Waals surface area contributed by atoms with E-state index in [1.54, 1.807) is 13.0 Å². The highest BCUT2D eigenvalue weighted by Crippen LogP contribution is 2.49. The van der Waals surface area contributed by atoms with Gasteiger partial charge < -0.3 is 34.6 Å². The van der Waals surface area contributed by atoms with Gasteiger partial charge in [-0.2, -0.15) is 0 Å².